The number of aliphatic hydroxyl groups is 2. The predicted molar refractivity (Wildman–Crippen MR) is 94.4 cm³/mol. The highest BCUT2D eigenvalue weighted by molar-refractivity contribution is 5.69. The van der Waals surface area contributed by atoms with Crippen molar-refractivity contribution < 1.29 is 19.7 Å². The Balaban J connectivity index is 3.08. The smallest absolute Gasteiger partial charge is 0.305 e. The molecule has 4 heteroatoms. The Morgan fingerprint density at radius 2 is 0.957 bits per heavy atom. The van der Waals surface area contributed by atoms with Gasteiger partial charge < -0.3 is 14.9 Å². The van der Waals surface area contributed by atoms with E-state index in [0.29, 0.717) is 26.1 Å². The molecule has 0 spiro atoms. The van der Waals surface area contributed by atoms with Crippen molar-refractivity contribution in [1.29, 1.82) is 0 Å². The lowest BCUT2D eigenvalue weighted by atomic mass is 10.0. The van der Waals surface area contributed by atoms with Crippen LogP contribution in [0, 0.1) is 0 Å². The van der Waals surface area contributed by atoms with Gasteiger partial charge in [-0.2, -0.15) is 0 Å². The van der Waals surface area contributed by atoms with Crippen LogP contribution in [0.3, 0.4) is 0 Å². The molecule has 0 saturated carbocycles. The van der Waals surface area contributed by atoms with E-state index in [1.165, 1.54) is 57.8 Å². The lowest BCUT2D eigenvalue weighted by Crippen LogP contribution is -2.06. The number of esters is 1. The number of hydrogen-bond donors (Lipinski definition) is 2. The SMILES string of the molecule is O=C(CCCCCCCCCCCCCCO)OCCCCO. The van der Waals surface area contributed by atoms with E-state index < -0.39 is 0 Å². The molecule has 0 fully saturated rings. The molecular weight excluding hydrogens is 292 g/mol. The van der Waals surface area contributed by atoms with Crippen molar-refractivity contribution >= 4 is 5.97 Å². The number of unbranched alkanes of at least 4 members (excludes halogenated alkanes) is 12. The minimum absolute atomic E-state index is 0.0934. The molecule has 0 aliphatic rings. The minimum atomic E-state index is -0.0934. The Labute approximate surface area is 142 Å². The third-order valence-corrected chi connectivity index (χ3v) is 4.10. The van der Waals surface area contributed by atoms with Gasteiger partial charge >= 0.3 is 5.97 Å². The summed E-state index contributed by atoms with van der Waals surface area (Å²) in [7, 11) is 0. The molecule has 0 atom stereocenters. The monoisotopic (exact) mass is 330 g/mol. The number of ether oxygens (including phenoxy) is 1. The molecule has 0 rings (SSSR count). The van der Waals surface area contributed by atoms with Gasteiger partial charge in [0, 0.05) is 19.6 Å². The van der Waals surface area contributed by atoms with E-state index in [2.05, 4.69) is 0 Å². The predicted octanol–water partition coefficient (Wildman–Crippen LogP) is 4.37. The average molecular weight is 331 g/mol. The molecule has 0 bridgehead atoms. The summed E-state index contributed by atoms with van der Waals surface area (Å²) in [5, 5.41) is 17.3. The van der Waals surface area contributed by atoms with Gasteiger partial charge in [0.05, 0.1) is 6.61 Å². The van der Waals surface area contributed by atoms with Crippen LogP contribution in [-0.4, -0.2) is 36.0 Å². The first-order valence-corrected chi connectivity index (χ1v) is 9.68. The summed E-state index contributed by atoms with van der Waals surface area (Å²) in [5.74, 6) is -0.0934. The van der Waals surface area contributed by atoms with Crippen LogP contribution >= 0.6 is 0 Å². The van der Waals surface area contributed by atoms with Crippen LogP contribution in [0.5, 0.6) is 0 Å². The van der Waals surface area contributed by atoms with Crippen molar-refractivity contribution in [2.75, 3.05) is 19.8 Å². The van der Waals surface area contributed by atoms with Gasteiger partial charge in [-0.1, -0.05) is 64.2 Å². The van der Waals surface area contributed by atoms with Crippen LogP contribution in [0.2, 0.25) is 0 Å². The quantitative estimate of drug-likeness (QED) is 0.289. The Morgan fingerprint density at radius 1 is 0.565 bits per heavy atom. The highest BCUT2D eigenvalue weighted by atomic mass is 16.5. The fourth-order valence-electron chi connectivity index (χ4n) is 2.62. The second-order valence-electron chi connectivity index (χ2n) is 6.37. The molecule has 0 aliphatic carbocycles. The molecule has 0 aromatic rings. The van der Waals surface area contributed by atoms with Crippen molar-refractivity contribution in [3.63, 3.8) is 0 Å². The molecule has 2 N–H and O–H groups in total. The summed E-state index contributed by atoms with van der Waals surface area (Å²) < 4.78 is 5.09. The normalized spacial score (nSPS) is 10.9. The van der Waals surface area contributed by atoms with Gasteiger partial charge in [0.1, 0.15) is 0 Å². The van der Waals surface area contributed by atoms with E-state index in [0.717, 1.165) is 25.7 Å². The lowest BCUT2D eigenvalue weighted by molar-refractivity contribution is -0.143. The van der Waals surface area contributed by atoms with E-state index in [1.54, 1.807) is 0 Å². The van der Waals surface area contributed by atoms with Gasteiger partial charge in [0.25, 0.3) is 0 Å². The molecule has 0 aliphatic heterocycles. The maximum Gasteiger partial charge on any atom is 0.305 e. The van der Waals surface area contributed by atoms with Gasteiger partial charge in [-0.3, -0.25) is 4.79 Å². The molecule has 0 aromatic carbocycles. The van der Waals surface area contributed by atoms with Crippen molar-refractivity contribution in [3.05, 3.63) is 0 Å². The topological polar surface area (TPSA) is 66.8 Å². The van der Waals surface area contributed by atoms with Crippen molar-refractivity contribution in [2.45, 2.75) is 96.3 Å². The zero-order valence-electron chi connectivity index (χ0n) is 14.9. The summed E-state index contributed by atoms with van der Waals surface area (Å²) in [6.07, 6.45) is 16.5. The molecular formula is C19H38O4. The van der Waals surface area contributed by atoms with Gasteiger partial charge in [0.2, 0.25) is 0 Å². The fourth-order valence-corrected chi connectivity index (χ4v) is 2.62. The zero-order chi connectivity index (χ0) is 17.0. The fraction of sp³-hybridized carbons (Fsp3) is 0.947. The molecule has 0 saturated heterocycles. The Kier molecular flexibility index (Phi) is 18.9. The first-order valence-electron chi connectivity index (χ1n) is 9.68. The first-order chi connectivity index (χ1) is 11.3. The van der Waals surface area contributed by atoms with Gasteiger partial charge in [-0.15, -0.1) is 0 Å². The third kappa shape index (κ3) is 19.3. The van der Waals surface area contributed by atoms with E-state index >= 15 is 0 Å². The summed E-state index contributed by atoms with van der Waals surface area (Å²) in [5.41, 5.74) is 0. The summed E-state index contributed by atoms with van der Waals surface area (Å²) in [6, 6.07) is 0. The average Bonchev–Trinajstić information content (AvgIpc) is 2.56. The van der Waals surface area contributed by atoms with Crippen LogP contribution in [0.1, 0.15) is 96.3 Å². The number of hydrogen-bond acceptors (Lipinski definition) is 4. The van der Waals surface area contributed by atoms with Gasteiger partial charge in [-0.05, 0) is 25.7 Å². The van der Waals surface area contributed by atoms with Crippen molar-refractivity contribution in [3.8, 4) is 0 Å². The molecule has 0 heterocycles. The number of carbonyl (C=O) groups is 1. The number of carbonyl (C=O) groups excluding carboxylic acids is 1. The number of rotatable bonds is 18. The second kappa shape index (κ2) is 19.4. The summed E-state index contributed by atoms with van der Waals surface area (Å²) >= 11 is 0. The highest BCUT2D eigenvalue weighted by Crippen LogP contribution is 2.12. The molecule has 0 amide bonds. The molecule has 0 unspecified atom stereocenters. The Bertz CT molecular complexity index is 244. The van der Waals surface area contributed by atoms with Gasteiger partial charge in [0.15, 0.2) is 0 Å². The third-order valence-electron chi connectivity index (χ3n) is 4.10. The molecule has 23 heavy (non-hydrogen) atoms. The first kappa shape index (κ1) is 22.4. The zero-order valence-corrected chi connectivity index (χ0v) is 14.9. The van der Waals surface area contributed by atoms with E-state index in [9.17, 15) is 4.79 Å². The van der Waals surface area contributed by atoms with Crippen LogP contribution < -0.4 is 0 Å². The highest BCUT2D eigenvalue weighted by Gasteiger charge is 2.02. The van der Waals surface area contributed by atoms with Crippen LogP contribution in [0.15, 0.2) is 0 Å². The lowest BCUT2D eigenvalue weighted by Gasteiger charge is -2.04. The minimum Gasteiger partial charge on any atom is -0.466 e. The maximum absolute atomic E-state index is 11.4. The molecule has 138 valence electrons. The van der Waals surface area contributed by atoms with Crippen LogP contribution in [-0.2, 0) is 9.53 Å². The van der Waals surface area contributed by atoms with E-state index in [4.69, 9.17) is 14.9 Å². The van der Waals surface area contributed by atoms with Crippen LogP contribution in [0.4, 0.5) is 0 Å². The molecule has 0 radical (unpaired) electrons. The standard InChI is InChI=1S/C19H38O4/c20-16-12-10-8-6-4-2-1-3-5-7-9-11-15-19(22)23-18-14-13-17-21/h20-21H,1-18H2. The summed E-state index contributed by atoms with van der Waals surface area (Å²) in [6.45, 7) is 0.947. The Morgan fingerprint density at radius 3 is 1.43 bits per heavy atom. The van der Waals surface area contributed by atoms with Crippen molar-refractivity contribution in [1.82, 2.24) is 0 Å². The van der Waals surface area contributed by atoms with Crippen LogP contribution in [0.25, 0.3) is 0 Å². The molecule has 4 nitrogen and oxygen atoms in total. The maximum atomic E-state index is 11.4. The number of aliphatic hydroxyl groups excluding tert-OH is 2. The Hall–Kier alpha value is -0.610. The largest absolute Gasteiger partial charge is 0.466 e. The van der Waals surface area contributed by atoms with Crippen molar-refractivity contribution in [2.24, 2.45) is 0 Å². The van der Waals surface area contributed by atoms with E-state index in [1.807, 2.05) is 0 Å². The second-order valence-corrected chi connectivity index (χ2v) is 6.37. The van der Waals surface area contributed by atoms with Gasteiger partial charge in [-0.25, -0.2) is 0 Å². The van der Waals surface area contributed by atoms with E-state index in [-0.39, 0.29) is 12.6 Å². The summed E-state index contributed by atoms with van der Waals surface area (Å²) in [4.78, 5) is 11.4. The molecule has 0 aromatic heterocycles.